The third kappa shape index (κ3) is 5.56. The highest BCUT2D eigenvalue weighted by atomic mass is 79.9. The molecule has 138 valence electrons. The standard InChI is InChI=1S/C19H20BrFN2O3/c1-13(19(25)22-2)23(11-14-4-3-5-15(20)10-14)18(24)12-26-17-8-6-16(21)7-9-17/h3-10,13H,11-12H2,1-2H3,(H,22,25)/t13-/m1/s1. The molecule has 0 aliphatic heterocycles. The summed E-state index contributed by atoms with van der Waals surface area (Å²) in [4.78, 5) is 26.1. The van der Waals surface area contributed by atoms with E-state index >= 15 is 0 Å². The quantitative estimate of drug-likeness (QED) is 0.745. The van der Waals surface area contributed by atoms with Gasteiger partial charge in [-0.05, 0) is 48.9 Å². The van der Waals surface area contributed by atoms with E-state index in [-0.39, 0.29) is 30.8 Å². The monoisotopic (exact) mass is 422 g/mol. The average Bonchev–Trinajstić information content (AvgIpc) is 2.64. The minimum Gasteiger partial charge on any atom is -0.484 e. The molecule has 0 aromatic heterocycles. The highest BCUT2D eigenvalue weighted by molar-refractivity contribution is 9.10. The van der Waals surface area contributed by atoms with Crippen molar-refractivity contribution in [1.29, 1.82) is 0 Å². The Hall–Kier alpha value is -2.41. The van der Waals surface area contributed by atoms with Crippen LogP contribution < -0.4 is 10.1 Å². The van der Waals surface area contributed by atoms with Crippen LogP contribution in [0.2, 0.25) is 0 Å². The van der Waals surface area contributed by atoms with Crippen molar-refractivity contribution >= 4 is 27.7 Å². The Labute approximate surface area is 160 Å². The van der Waals surface area contributed by atoms with Crippen molar-refractivity contribution in [3.8, 4) is 5.75 Å². The molecule has 0 heterocycles. The van der Waals surface area contributed by atoms with Crippen molar-refractivity contribution in [3.63, 3.8) is 0 Å². The summed E-state index contributed by atoms with van der Waals surface area (Å²) >= 11 is 3.40. The lowest BCUT2D eigenvalue weighted by Crippen LogP contribution is -2.48. The van der Waals surface area contributed by atoms with E-state index in [2.05, 4.69) is 21.2 Å². The molecule has 1 atom stereocenters. The number of carbonyl (C=O) groups excluding carboxylic acids is 2. The van der Waals surface area contributed by atoms with Gasteiger partial charge in [0, 0.05) is 18.1 Å². The van der Waals surface area contributed by atoms with E-state index in [9.17, 15) is 14.0 Å². The Bertz CT molecular complexity index is 768. The zero-order valence-electron chi connectivity index (χ0n) is 14.5. The fourth-order valence-electron chi connectivity index (χ4n) is 2.38. The Morgan fingerprint density at radius 2 is 1.92 bits per heavy atom. The van der Waals surface area contributed by atoms with Crippen LogP contribution >= 0.6 is 15.9 Å². The number of hydrogen-bond donors (Lipinski definition) is 1. The first-order valence-corrected chi connectivity index (χ1v) is 8.84. The van der Waals surface area contributed by atoms with Crippen LogP contribution in [0, 0.1) is 5.82 Å². The molecule has 2 rings (SSSR count). The summed E-state index contributed by atoms with van der Waals surface area (Å²) in [5.74, 6) is -0.608. The van der Waals surface area contributed by atoms with Gasteiger partial charge in [0.25, 0.3) is 5.91 Å². The van der Waals surface area contributed by atoms with Crippen LogP contribution in [0.3, 0.4) is 0 Å². The third-order valence-electron chi connectivity index (χ3n) is 3.83. The molecule has 7 heteroatoms. The summed E-state index contributed by atoms with van der Waals surface area (Å²) in [5.41, 5.74) is 0.880. The minimum absolute atomic E-state index is 0.249. The van der Waals surface area contributed by atoms with Gasteiger partial charge < -0.3 is 15.0 Å². The van der Waals surface area contributed by atoms with Crippen LogP contribution in [-0.4, -0.2) is 36.4 Å². The van der Waals surface area contributed by atoms with Crippen LogP contribution in [-0.2, 0) is 16.1 Å². The minimum atomic E-state index is -0.664. The highest BCUT2D eigenvalue weighted by Gasteiger charge is 2.25. The molecule has 0 fully saturated rings. The summed E-state index contributed by atoms with van der Waals surface area (Å²) in [5, 5.41) is 2.55. The molecule has 5 nitrogen and oxygen atoms in total. The second-order valence-electron chi connectivity index (χ2n) is 5.68. The maximum Gasteiger partial charge on any atom is 0.261 e. The number of halogens is 2. The SMILES string of the molecule is CNC(=O)[C@@H](C)N(Cc1cccc(Br)c1)C(=O)COc1ccc(F)cc1. The van der Waals surface area contributed by atoms with Gasteiger partial charge in [-0.3, -0.25) is 9.59 Å². The number of ether oxygens (including phenoxy) is 1. The Morgan fingerprint density at radius 3 is 2.54 bits per heavy atom. The van der Waals surface area contributed by atoms with Crippen molar-refractivity contribution in [2.75, 3.05) is 13.7 Å². The lowest BCUT2D eigenvalue weighted by Gasteiger charge is -2.28. The van der Waals surface area contributed by atoms with Crippen molar-refractivity contribution in [2.45, 2.75) is 19.5 Å². The van der Waals surface area contributed by atoms with Gasteiger partial charge in [0.15, 0.2) is 6.61 Å². The molecular formula is C19H20BrFN2O3. The second-order valence-corrected chi connectivity index (χ2v) is 6.60. The maximum atomic E-state index is 12.9. The Kier molecular flexibility index (Phi) is 7.15. The van der Waals surface area contributed by atoms with Crippen LogP contribution in [0.1, 0.15) is 12.5 Å². The number of benzene rings is 2. The van der Waals surface area contributed by atoms with Crippen LogP contribution in [0.15, 0.2) is 53.0 Å². The highest BCUT2D eigenvalue weighted by Crippen LogP contribution is 2.16. The largest absolute Gasteiger partial charge is 0.484 e. The lowest BCUT2D eigenvalue weighted by molar-refractivity contribution is -0.142. The number of hydrogen-bond acceptors (Lipinski definition) is 3. The first-order chi connectivity index (χ1) is 12.4. The first kappa shape index (κ1) is 19.9. The molecule has 0 unspecified atom stereocenters. The number of carbonyl (C=O) groups is 2. The number of nitrogens with zero attached hydrogens (tertiary/aromatic N) is 1. The molecule has 1 N–H and O–H groups in total. The number of amides is 2. The van der Waals surface area contributed by atoms with E-state index in [1.54, 1.807) is 6.92 Å². The summed E-state index contributed by atoms with van der Waals surface area (Å²) in [7, 11) is 1.52. The zero-order valence-corrected chi connectivity index (χ0v) is 16.1. The normalized spacial score (nSPS) is 11.5. The predicted octanol–water partition coefficient (Wildman–Crippen LogP) is 3.13. The zero-order chi connectivity index (χ0) is 19.1. The van der Waals surface area contributed by atoms with Gasteiger partial charge in [0.1, 0.15) is 17.6 Å². The van der Waals surface area contributed by atoms with E-state index in [0.717, 1.165) is 10.0 Å². The summed E-state index contributed by atoms with van der Waals surface area (Å²) in [6, 6.07) is 12.3. The van der Waals surface area contributed by atoms with E-state index < -0.39 is 6.04 Å². The molecule has 0 saturated heterocycles. The molecule has 26 heavy (non-hydrogen) atoms. The molecule has 0 bridgehead atoms. The van der Waals surface area contributed by atoms with E-state index in [0.29, 0.717) is 5.75 Å². The summed E-state index contributed by atoms with van der Waals surface area (Å²) in [6.45, 7) is 1.67. The first-order valence-electron chi connectivity index (χ1n) is 8.04. The van der Waals surface area contributed by atoms with Crippen molar-refractivity contribution in [2.24, 2.45) is 0 Å². The number of likely N-dealkylation sites (N-methyl/N-ethyl adjacent to an activating group) is 1. The fraction of sp³-hybridized carbons (Fsp3) is 0.263. The van der Waals surface area contributed by atoms with Crippen molar-refractivity contribution in [3.05, 3.63) is 64.4 Å². The molecule has 0 saturated carbocycles. The molecular weight excluding hydrogens is 403 g/mol. The van der Waals surface area contributed by atoms with Gasteiger partial charge >= 0.3 is 0 Å². The van der Waals surface area contributed by atoms with E-state index in [1.165, 1.54) is 36.2 Å². The molecule has 2 aromatic rings. The van der Waals surface area contributed by atoms with E-state index in [4.69, 9.17) is 4.74 Å². The van der Waals surface area contributed by atoms with Crippen LogP contribution in [0.4, 0.5) is 4.39 Å². The average molecular weight is 423 g/mol. The van der Waals surface area contributed by atoms with Crippen molar-refractivity contribution < 1.29 is 18.7 Å². The molecule has 0 spiro atoms. The van der Waals surface area contributed by atoms with Gasteiger partial charge in [-0.25, -0.2) is 4.39 Å². The molecule has 0 radical (unpaired) electrons. The molecule has 0 aliphatic rings. The predicted molar refractivity (Wildman–Crippen MR) is 100 cm³/mol. The lowest BCUT2D eigenvalue weighted by atomic mass is 10.1. The molecule has 0 aliphatic carbocycles. The number of rotatable bonds is 7. The Balaban J connectivity index is 2.12. The van der Waals surface area contributed by atoms with E-state index in [1.807, 2.05) is 24.3 Å². The van der Waals surface area contributed by atoms with Crippen LogP contribution in [0.25, 0.3) is 0 Å². The maximum absolute atomic E-state index is 12.9. The Morgan fingerprint density at radius 1 is 1.23 bits per heavy atom. The van der Waals surface area contributed by atoms with Gasteiger partial charge in [-0.1, -0.05) is 28.1 Å². The van der Waals surface area contributed by atoms with Gasteiger partial charge in [0.2, 0.25) is 5.91 Å². The molecule has 2 amide bonds. The van der Waals surface area contributed by atoms with Crippen LogP contribution in [0.5, 0.6) is 5.75 Å². The molecule has 2 aromatic carbocycles. The topological polar surface area (TPSA) is 58.6 Å². The summed E-state index contributed by atoms with van der Waals surface area (Å²) in [6.07, 6.45) is 0. The van der Waals surface area contributed by atoms with Crippen molar-refractivity contribution in [1.82, 2.24) is 10.2 Å². The van der Waals surface area contributed by atoms with Gasteiger partial charge in [0.05, 0.1) is 0 Å². The number of nitrogens with one attached hydrogen (secondary N) is 1. The summed E-state index contributed by atoms with van der Waals surface area (Å²) < 4.78 is 19.3. The fourth-order valence-corrected chi connectivity index (χ4v) is 2.83. The second kappa shape index (κ2) is 9.33. The van der Waals surface area contributed by atoms with Gasteiger partial charge in [-0.2, -0.15) is 0 Å². The smallest absolute Gasteiger partial charge is 0.261 e. The van der Waals surface area contributed by atoms with Gasteiger partial charge in [-0.15, -0.1) is 0 Å². The third-order valence-corrected chi connectivity index (χ3v) is 4.32.